The lowest BCUT2D eigenvalue weighted by Crippen LogP contribution is -2.12. The molecule has 2 N–H and O–H groups in total. The smallest absolute Gasteiger partial charge is 0.248 e. The van der Waals surface area contributed by atoms with Gasteiger partial charge in [-0.1, -0.05) is 11.6 Å². The predicted octanol–water partition coefficient (Wildman–Crippen LogP) is 4.30. The van der Waals surface area contributed by atoms with Crippen LogP contribution in [0.3, 0.4) is 0 Å². The quantitative estimate of drug-likeness (QED) is 0.666. The SMILES string of the molecule is Cc1ncc(F)c(C)c1NC(=O)/C=C/c1c(F)cc2c(Cl)[nH]nc2c1F. The molecule has 9 heteroatoms. The van der Waals surface area contributed by atoms with E-state index in [1.807, 2.05) is 0 Å². The molecule has 0 aliphatic heterocycles. The fraction of sp³-hybridized carbons (Fsp3) is 0.118. The van der Waals surface area contributed by atoms with Gasteiger partial charge in [0.05, 0.1) is 17.6 Å². The second-order valence-corrected chi connectivity index (χ2v) is 5.91. The highest BCUT2D eigenvalue weighted by molar-refractivity contribution is 6.34. The van der Waals surface area contributed by atoms with E-state index in [0.29, 0.717) is 5.69 Å². The molecule has 1 aromatic carbocycles. The number of nitrogens with zero attached hydrogens (tertiary/aromatic N) is 2. The van der Waals surface area contributed by atoms with Crippen LogP contribution in [0.1, 0.15) is 16.8 Å². The van der Waals surface area contributed by atoms with Crippen LogP contribution in [0, 0.1) is 31.3 Å². The molecule has 0 atom stereocenters. The molecule has 0 bridgehead atoms. The Balaban J connectivity index is 1.90. The van der Waals surface area contributed by atoms with E-state index in [2.05, 4.69) is 20.5 Å². The Hall–Kier alpha value is -2.87. The lowest BCUT2D eigenvalue weighted by molar-refractivity contribution is -0.111. The summed E-state index contributed by atoms with van der Waals surface area (Å²) in [4.78, 5) is 15.9. The Labute approximate surface area is 150 Å². The summed E-state index contributed by atoms with van der Waals surface area (Å²) in [6, 6.07) is 1.02. The molecular weight excluding hydrogens is 369 g/mol. The predicted molar refractivity (Wildman–Crippen MR) is 92.4 cm³/mol. The molecule has 2 heterocycles. The molecule has 0 saturated heterocycles. The third kappa shape index (κ3) is 3.15. The average molecular weight is 381 g/mol. The fourth-order valence-corrected chi connectivity index (χ4v) is 2.62. The van der Waals surface area contributed by atoms with Gasteiger partial charge in [0.2, 0.25) is 5.91 Å². The number of halogens is 4. The molecule has 0 spiro atoms. The minimum atomic E-state index is -0.952. The lowest BCUT2D eigenvalue weighted by atomic mass is 10.1. The van der Waals surface area contributed by atoms with E-state index in [-0.39, 0.29) is 27.3 Å². The van der Waals surface area contributed by atoms with Gasteiger partial charge in [-0.15, -0.1) is 0 Å². The number of hydrogen-bond acceptors (Lipinski definition) is 3. The van der Waals surface area contributed by atoms with E-state index in [0.717, 1.165) is 24.4 Å². The summed E-state index contributed by atoms with van der Waals surface area (Å²) in [5.74, 6) is -3.12. The van der Waals surface area contributed by atoms with E-state index in [1.165, 1.54) is 6.92 Å². The summed E-state index contributed by atoms with van der Waals surface area (Å²) >= 11 is 5.76. The van der Waals surface area contributed by atoms with Crippen molar-refractivity contribution in [1.29, 1.82) is 0 Å². The molecule has 0 aliphatic carbocycles. The molecule has 134 valence electrons. The molecule has 0 unspecified atom stereocenters. The number of aryl methyl sites for hydroxylation is 1. The summed E-state index contributed by atoms with van der Waals surface area (Å²) in [5.41, 5.74) is 0.244. The van der Waals surface area contributed by atoms with Crippen LogP contribution in [0.15, 0.2) is 18.3 Å². The van der Waals surface area contributed by atoms with Gasteiger partial charge >= 0.3 is 0 Å². The largest absolute Gasteiger partial charge is 0.321 e. The molecule has 0 saturated carbocycles. The van der Waals surface area contributed by atoms with Crippen molar-refractivity contribution in [3.63, 3.8) is 0 Å². The molecule has 3 aromatic rings. The van der Waals surface area contributed by atoms with E-state index >= 15 is 0 Å². The lowest BCUT2D eigenvalue weighted by Gasteiger charge is -2.09. The monoisotopic (exact) mass is 380 g/mol. The summed E-state index contributed by atoms with van der Waals surface area (Å²) in [7, 11) is 0. The van der Waals surface area contributed by atoms with Crippen LogP contribution in [0.25, 0.3) is 17.0 Å². The first-order chi connectivity index (χ1) is 12.3. The van der Waals surface area contributed by atoms with Crippen molar-refractivity contribution in [2.24, 2.45) is 0 Å². The number of carbonyl (C=O) groups is 1. The van der Waals surface area contributed by atoms with Crippen molar-refractivity contribution in [1.82, 2.24) is 15.2 Å². The van der Waals surface area contributed by atoms with Crippen LogP contribution >= 0.6 is 11.6 Å². The summed E-state index contributed by atoms with van der Waals surface area (Å²) in [6.45, 7) is 3.08. The highest BCUT2D eigenvalue weighted by Gasteiger charge is 2.17. The third-order valence-corrected chi connectivity index (χ3v) is 4.13. The van der Waals surface area contributed by atoms with Gasteiger partial charge in [-0.25, -0.2) is 13.2 Å². The Morgan fingerprint density at radius 2 is 2.00 bits per heavy atom. The van der Waals surface area contributed by atoms with Crippen LogP contribution < -0.4 is 5.32 Å². The molecular formula is C17H12ClF3N4O. The third-order valence-electron chi connectivity index (χ3n) is 3.85. The number of pyridine rings is 1. The number of amides is 1. The minimum Gasteiger partial charge on any atom is -0.321 e. The van der Waals surface area contributed by atoms with Crippen LogP contribution in [-0.2, 0) is 4.79 Å². The van der Waals surface area contributed by atoms with E-state index in [1.54, 1.807) is 6.92 Å². The number of carbonyl (C=O) groups excluding carboxylic acids is 1. The molecule has 0 radical (unpaired) electrons. The number of hydrogen-bond donors (Lipinski definition) is 2. The topological polar surface area (TPSA) is 70.7 Å². The average Bonchev–Trinajstić information content (AvgIpc) is 2.96. The van der Waals surface area contributed by atoms with Gasteiger partial charge in [-0.3, -0.25) is 14.9 Å². The van der Waals surface area contributed by atoms with Crippen LogP contribution in [0.4, 0.5) is 18.9 Å². The first-order valence-electron chi connectivity index (χ1n) is 7.42. The van der Waals surface area contributed by atoms with Gasteiger partial charge in [-0.05, 0) is 26.0 Å². The molecule has 0 aliphatic rings. The van der Waals surface area contributed by atoms with Crippen molar-refractivity contribution in [3.05, 3.63) is 57.8 Å². The highest BCUT2D eigenvalue weighted by Crippen LogP contribution is 2.28. The number of H-pyrrole nitrogens is 1. The minimum absolute atomic E-state index is 0.00984. The van der Waals surface area contributed by atoms with Crippen LogP contribution in [0.2, 0.25) is 5.15 Å². The highest BCUT2D eigenvalue weighted by atomic mass is 35.5. The second-order valence-electron chi connectivity index (χ2n) is 5.53. The maximum atomic E-state index is 14.4. The molecule has 2 aromatic heterocycles. The first-order valence-corrected chi connectivity index (χ1v) is 7.79. The maximum absolute atomic E-state index is 14.4. The fourth-order valence-electron chi connectivity index (χ4n) is 2.43. The zero-order valence-electron chi connectivity index (χ0n) is 13.6. The number of nitrogens with one attached hydrogen (secondary N) is 2. The van der Waals surface area contributed by atoms with Crippen molar-refractivity contribution in [2.75, 3.05) is 5.32 Å². The van der Waals surface area contributed by atoms with Crippen molar-refractivity contribution >= 4 is 40.2 Å². The van der Waals surface area contributed by atoms with Gasteiger partial charge in [0.1, 0.15) is 22.3 Å². The zero-order chi connectivity index (χ0) is 19.0. The Bertz CT molecular complexity index is 1060. The van der Waals surface area contributed by atoms with Crippen molar-refractivity contribution < 1.29 is 18.0 Å². The molecule has 0 fully saturated rings. The van der Waals surface area contributed by atoms with E-state index in [9.17, 15) is 18.0 Å². The van der Waals surface area contributed by atoms with E-state index < -0.39 is 28.9 Å². The number of fused-ring (bicyclic) bond motifs is 1. The van der Waals surface area contributed by atoms with Gasteiger partial charge < -0.3 is 5.32 Å². The Kier molecular flexibility index (Phi) is 4.69. The van der Waals surface area contributed by atoms with Gasteiger partial charge in [-0.2, -0.15) is 5.10 Å². The number of rotatable bonds is 3. The Morgan fingerprint density at radius 1 is 1.27 bits per heavy atom. The van der Waals surface area contributed by atoms with Gasteiger partial charge in [0, 0.05) is 22.6 Å². The number of benzene rings is 1. The van der Waals surface area contributed by atoms with Crippen molar-refractivity contribution in [2.45, 2.75) is 13.8 Å². The Morgan fingerprint density at radius 3 is 2.73 bits per heavy atom. The summed E-state index contributed by atoms with van der Waals surface area (Å²) < 4.78 is 42.1. The molecule has 26 heavy (non-hydrogen) atoms. The van der Waals surface area contributed by atoms with Crippen molar-refractivity contribution in [3.8, 4) is 0 Å². The maximum Gasteiger partial charge on any atom is 0.248 e. The molecule has 3 rings (SSSR count). The number of aromatic nitrogens is 3. The normalized spacial score (nSPS) is 11.5. The summed E-state index contributed by atoms with van der Waals surface area (Å²) in [5, 5.41) is 8.58. The van der Waals surface area contributed by atoms with Crippen LogP contribution in [0.5, 0.6) is 0 Å². The van der Waals surface area contributed by atoms with E-state index in [4.69, 9.17) is 11.6 Å². The number of anilines is 1. The zero-order valence-corrected chi connectivity index (χ0v) is 14.4. The molecule has 5 nitrogen and oxygen atoms in total. The molecule has 1 amide bonds. The van der Waals surface area contributed by atoms with Crippen LogP contribution in [-0.4, -0.2) is 21.1 Å². The number of aromatic amines is 1. The summed E-state index contributed by atoms with van der Waals surface area (Å²) in [6.07, 6.45) is 2.95. The first kappa shape index (κ1) is 17.9. The standard InChI is InChI=1S/C17H12ClF3N4O/c1-7-12(20)6-22-8(2)15(7)23-13(26)4-3-9-11(19)5-10-16(14(9)21)24-25-17(10)18/h3-6H,1-2H3,(H,23,26)(H,24,25)/b4-3+. The van der Waals surface area contributed by atoms with Gasteiger partial charge in [0.25, 0.3) is 0 Å². The van der Waals surface area contributed by atoms with Gasteiger partial charge in [0.15, 0.2) is 5.82 Å². The second kappa shape index (κ2) is 6.80.